The van der Waals surface area contributed by atoms with E-state index in [9.17, 15) is 4.79 Å². The summed E-state index contributed by atoms with van der Waals surface area (Å²) in [5.41, 5.74) is 5.26. The summed E-state index contributed by atoms with van der Waals surface area (Å²) in [7, 11) is 0. The van der Waals surface area contributed by atoms with Crippen LogP contribution in [0.1, 0.15) is 21.5 Å². The lowest BCUT2D eigenvalue weighted by atomic mass is 9.97. The third-order valence-corrected chi connectivity index (χ3v) is 5.49. The number of aromatic nitrogens is 1. The van der Waals surface area contributed by atoms with Gasteiger partial charge in [-0.3, -0.25) is 4.79 Å². The number of fused-ring (bicyclic) bond motifs is 1. The smallest absolute Gasteiger partial charge is 0.256 e. The second kappa shape index (κ2) is 7.86. The Morgan fingerprint density at radius 1 is 0.931 bits per heavy atom. The van der Waals surface area contributed by atoms with Gasteiger partial charge in [-0.1, -0.05) is 59.6 Å². The summed E-state index contributed by atoms with van der Waals surface area (Å²) in [6.45, 7) is 3.86. The van der Waals surface area contributed by atoms with Crippen LogP contribution in [-0.2, 0) is 0 Å². The fourth-order valence-electron chi connectivity index (χ4n) is 3.44. The van der Waals surface area contributed by atoms with Crippen molar-refractivity contribution in [2.45, 2.75) is 13.8 Å². The van der Waals surface area contributed by atoms with Gasteiger partial charge >= 0.3 is 0 Å². The molecule has 0 atom stereocenters. The maximum absolute atomic E-state index is 13.3. The number of nitrogens with one attached hydrogen (secondary N) is 1. The van der Waals surface area contributed by atoms with Gasteiger partial charge in [-0.15, -0.1) is 0 Å². The third-order valence-electron chi connectivity index (χ3n) is 4.94. The number of carbonyl (C=O) groups is 1. The minimum Gasteiger partial charge on any atom is -0.322 e. The van der Waals surface area contributed by atoms with Crippen LogP contribution >= 0.6 is 23.2 Å². The molecule has 1 aromatic heterocycles. The average Bonchev–Trinajstić information content (AvgIpc) is 2.69. The standard InChI is InChI=1S/C24H18Cl2N2O/c1-14-7-3-5-9-20(14)28-24(29)22-15(2)23(17-12-11-16(25)13-19(17)26)27-21-10-6-4-8-18(21)22/h3-13H,1-2H3,(H,28,29). The molecule has 0 saturated heterocycles. The fourth-order valence-corrected chi connectivity index (χ4v) is 3.94. The number of nitrogens with zero attached hydrogens (tertiary/aromatic N) is 1. The molecule has 0 saturated carbocycles. The van der Waals surface area contributed by atoms with Crippen molar-refractivity contribution in [3.05, 3.63) is 93.5 Å². The lowest BCUT2D eigenvalue weighted by Crippen LogP contribution is -2.16. The highest BCUT2D eigenvalue weighted by atomic mass is 35.5. The Labute approximate surface area is 179 Å². The molecule has 0 bridgehead atoms. The summed E-state index contributed by atoms with van der Waals surface area (Å²) in [4.78, 5) is 18.1. The van der Waals surface area contributed by atoms with Crippen LogP contribution in [0.2, 0.25) is 10.0 Å². The van der Waals surface area contributed by atoms with Gasteiger partial charge in [-0.2, -0.15) is 0 Å². The van der Waals surface area contributed by atoms with Crippen molar-refractivity contribution in [3.63, 3.8) is 0 Å². The number of halogens is 2. The number of amides is 1. The molecule has 5 heteroatoms. The summed E-state index contributed by atoms with van der Waals surface area (Å²) in [5.74, 6) is -0.179. The second-order valence-electron chi connectivity index (χ2n) is 6.87. The first-order valence-corrected chi connectivity index (χ1v) is 9.93. The predicted octanol–water partition coefficient (Wildman–Crippen LogP) is 7.08. The first kappa shape index (κ1) is 19.4. The van der Waals surface area contributed by atoms with Gasteiger partial charge < -0.3 is 5.32 Å². The van der Waals surface area contributed by atoms with Crippen LogP contribution in [0.4, 0.5) is 5.69 Å². The monoisotopic (exact) mass is 420 g/mol. The maximum atomic E-state index is 13.3. The first-order valence-electron chi connectivity index (χ1n) is 9.17. The lowest BCUT2D eigenvalue weighted by Gasteiger charge is -2.16. The molecular weight excluding hydrogens is 403 g/mol. The summed E-state index contributed by atoms with van der Waals surface area (Å²) in [6, 6.07) is 20.6. The summed E-state index contributed by atoms with van der Waals surface area (Å²) >= 11 is 12.5. The molecule has 0 aliphatic heterocycles. The van der Waals surface area contributed by atoms with E-state index in [-0.39, 0.29) is 5.91 Å². The number of hydrogen-bond donors (Lipinski definition) is 1. The molecule has 0 spiro atoms. The number of aryl methyl sites for hydroxylation is 1. The van der Waals surface area contributed by atoms with Gasteiger partial charge in [0.15, 0.2) is 0 Å². The van der Waals surface area contributed by atoms with E-state index in [1.165, 1.54) is 0 Å². The van der Waals surface area contributed by atoms with Crippen LogP contribution in [-0.4, -0.2) is 10.9 Å². The van der Waals surface area contributed by atoms with Gasteiger partial charge in [-0.25, -0.2) is 4.98 Å². The predicted molar refractivity (Wildman–Crippen MR) is 121 cm³/mol. The van der Waals surface area contributed by atoms with E-state index >= 15 is 0 Å². The molecule has 1 amide bonds. The highest BCUT2D eigenvalue weighted by Gasteiger charge is 2.20. The Balaban J connectivity index is 1.92. The molecule has 29 heavy (non-hydrogen) atoms. The van der Waals surface area contributed by atoms with Gasteiger partial charge in [-0.05, 0) is 55.3 Å². The van der Waals surface area contributed by atoms with Crippen molar-refractivity contribution in [1.29, 1.82) is 0 Å². The van der Waals surface area contributed by atoms with Gasteiger partial charge in [0, 0.05) is 21.7 Å². The molecular formula is C24H18Cl2N2O. The molecule has 0 aliphatic carbocycles. The molecule has 0 unspecified atom stereocenters. The number of carbonyl (C=O) groups excluding carboxylic acids is 1. The molecule has 3 nitrogen and oxygen atoms in total. The van der Waals surface area contributed by atoms with Crippen molar-refractivity contribution in [2.75, 3.05) is 5.32 Å². The van der Waals surface area contributed by atoms with Crippen LogP contribution in [0.15, 0.2) is 66.7 Å². The third kappa shape index (κ3) is 3.71. The number of anilines is 1. The van der Waals surface area contributed by atoms with E-state index in [1.54, 1.807) is 12.1 Å². The molecule has 1 heterocycles. The molecule has 144 valence electrons. The molecule has 4 rings (SSSR count). The number of hydrogen-bond acceptors (Lipinski definition) is 2. The van der Waals surface area contributed by atoms with Crippen molar-refractivity contribution < 1.29 is 4.79 Å². The maximum Gasteiger partial charge on any atom is 0.256 e. The number of pyridine rings is 1. The van der Waals surface area contributed by atoms with Gasteiger partial charge in [0.1, 0.15) is 0 Å². The first-order chi connectivity index (χ1) is 14.0. The zero-order valence-electron chi connectivity index (χ0n) is 16.0. The largest absolute Gasteiger partial charge is 0.322 e. The zero-order chi connectivity index (χ0) is 20.5. The minimum atomic E-state index is -0.179. The topological polar surface area (TPSA) is 42.0 Å². The molecule has 0 radical (unpaired) electrons. The van der Waals surface area contributed by atoms with Crippen LogP contribution in [0, 0.1) is 13.8 Å². The second-order valence-corrected chi connectivity index (χ2v) is 7.71. The molecule has 0 fully saturated rings. The SMILES string of the molecule is Cc1ccccc1NC(=O)c1c(C)c(-c2ccc(Cl)cc2Cl)nc2ccccc12. The highest BCUT2D eigenvalue weighted by molar-refractivity contribution is 6.36. The Kier molecular flexibility index (Phi) is 5.27. The van der Waals surface area contributed by atoms with Gasteiger partial charge in [0.2, 0.25) is 0 Å². The normalized spacial score (nSPS) is 10.9. The Morgan fingerprint density at radius 2 is 1.66 bits per heavy atom. The van der Waals surface area contributed by atoms with E-state index < -0.39 is 0 Å². The fraction of sp³-hybridized carbons (Fsp3) is 0.0833. The van der Waals surface area contributed by atoms with Gasteiger partial charge in [0.25, 0.3) is 5.91 Å². The number of para-hydroxylation sites is 2. The van der Waals surface area contributed by atoms with Crippen molar-refractivity contribution >= 4 is 45.7 Å². The van der Waals surface area contributed by atoms with E-state index in [4.69, 9.17) is 28.2 Å². The molecule has 1 N–H and O–H groups in total. The van der Waals surface area contributed by atoms with E-state index in [0.717, 1.165) is 33.3 Å². The van der Waals surface area contributed by atoms with Crippen LogP contribution in [0.3, 0.4) is 0 Å². The summed E-state index contributed by atoms with van der Waals surface area (Å²) < 4.78 is 0. The lowest BCUT2D eigenvalue weighted by molar-refractivity contribution is 0.102. The number of benzene rings is 3. The zero-order valence-corrected chi connectivity index (χ0v) is 17.5. The van der Waals surface area contributed by atoms with E-state index in [0.29, 0.717) is 21.3 Å². The number of rotatable bonds is 3. The van der Waals surface area contributed by atoms with Crippen LogP contribution in [0.5, 0.6) is 0 Å². The van der Waals surface area contributed by atoms with Crippen molar-refractivity contribution in [1.82, 2.24) is 4.98 Å². The average molecular weight is 421 g/mol. The Bertz CT molecular complexity index is 1250. The summed E-state index contributed by atoms with van der Waals surface area (Å²) in [5, 5.41) is 4.88. The Morgan fingerprint density at radius 3 is 2.41 bits per heavy atom. The minimum absolute atomic E-state index is 0.179. The molecule has 3 aromatic carbocycles. The van der Waals surface area contributed by atoms with Gasteiger partial charge in [0.05, 0.1) is 21.8 Å². The summed E-state index contributed by atoms with van der Waals surface area (Å²) in [6.07, 6.45) is 0. The van der Waals surface area contributed by atoms with E-state index in [2.05, 4.69) is 5.32 Å². The van der Waals surface area contributed by atoms with Crippen LogP contribution < -0.4 is 5.32 Å². The Hall–Kier alpha value is -2.88. The van der Waals surface area contributed by atoms with E-state index in [1.807, 2.05) is 68.4 Å². The van der Waals surface area contributed by atoms with Crippen molar-refractivity contribution in [2.24, 2.45) is 0 Å². The van der Waals surface area contributed by atoms with Crippen molar-refractivity contribution in [3.8, 4) is 11.3 Å². The highest BCUT2D eigenvalue weighted by Crippen LogP contribution is 2.35. The van der Waals surface area contributed by atoms with Crippen LogP contribution in [0.25, 0.3) is 22.2 Å². The molecule has 0 aliphatic rings. The molecule has 4 aromatic rings. The quantitative estimate of drug-likeness (QED) is 0.384.